The number of terminal acetylenes is 1. The van der Waals surface area contributed by atoms with Crippen molar-refractivity contribution in [2.75, 3.05) is 18.5 Å². The fourth-order valence-electron chi connectivity index (χ4n) is 0.861. The summed E-state index contributed by atoms with van der Waals surface area (Å²) in [5.41, 5.74) is -0.0807. The van der Waals surface area contributed by atoms with E-state index in [4.69, 9.17) is 11.5 Å². The quantitative estimate of drug-likeness (QED) is 0.693. The number of hydrogen-bond acceptors (Lipinski definition) is 4. The molecule has 1 heterocycles. The number of nitrogens with zero attached hydrogens (tertiary/aromatic N) is 3. The van der Waals surface area contributed by atoms with E-state index in [2.05, 4.69) is 16.1 Å². The Hall–Kier alpha value is -2.09. The van der Waals surface area contributed by atoms with Crippen molar-refractivity contribution in [2.24, 2.45) is 0 Å². The van der Waals surface area contributed by atoms with Gasteiger partial charge in [0.1, 0.15) is 0 Å². The van der Waals surface area contributed by atoms with Crippen LogP contribution in [-0.4, -0.2) is 34.9 Å². The number of carbonyl (C=O) groups is 1. The predicted octanol–water partition coefficient (Wildman–Crippen LogP) is 0.244. The van der Waals surface area contributed by atoms with Crippen molar-refractivity contribution in [3.05, 3.63) is 17.8 Å². The van der Waals surface area contributed by atoms with E-state index in [0.29, 0.717) is 12.4 Å². The van der Waals surface area contributed by atoms with Crippen molar-refractivity contribution in [3.63, 3.8) is 0 Å². The molecule has 72 valence electrons. The zero-order chi connectivity index (χ0) is 10.6. The van der Waals surface area contributed by atoms with Crippen molar-refractivity contribution in [2.45, 2.75) is 0 Å². The zero-order valence-corrected chi connectivity index (χ0v) is 7.64. The molecule has 0 aromatic carbocycles. The Labute approximate surface area is 81.4 Å². The monoisotopic (exact) mass is 191 g/mol. The minimum absolute atomic E-state index is 0.0807. The van der Waals surface area contributed by atoms with Crippen LogP contribution in [0, 0.1) is 12.3 Å². The van der Waals surface area contributed by atoms with Gasteiger partial charge in [0.05, 0.1) is 6.54 Å². The van der Waals surface area contributed by atoms with Gasteiger partial charge in [-0.15, -0.1) is 16.6 Å². The lowest BCUT2D eigenvalue weighted by Gasteiger charge is -2.13. The minimum atomic E-state index is -1.09. The molecule has 0 atom stereocenters. The molecule has 5 heteroatoms. The second-order valence-electron chi connectivity index (χ2n) is 2.64. The van der Waals surface area contributed by atoms with Crippen molar-refractivity contribution < 1.29 is 9.90 Å². The van der Waals surface area contributed by atoms with E-state index in [1.807, 2.05) is 0 Å². The molecule has 0 spiro atoms. The number of carboxylic acids is 1. The summed E-state index contributed by atoms with van der Waals surface area (Å²) in [6.07, 6.45) is 5.11. The third kappa shape index (κ3) is 2.20. The maximum Gasteiger partial charge on any atom is 0.356 e. The summed E-state index contributed by atoms with van der Waals surface area (Å²) in [6.45, 7) is 0.404. The van der Waals surface area contributed by atoms with E-state index in [9.17, 15) is 4.79 Å². The van der Waals surface area contributed by atoms with E-state index in [0.717, 1.165) is 0 Å². The number of hydrogen-bond donors (Lipinski definition) is 1. The van der Waals surface area contributed by atoms with Crippen molar-refractivity contribution in [1.82, 2.24) is 10.2 Å². The van der Waals surface area contributed by atoms with Gasteiger partial charge in [0.15, 0.2) is 11.5 Å². The van der Waals surface area contributed by atoms with Crippen molar-refractivity contribution in [3.8, 4) is 12.3 Å². The second-order valence-corrected chi connectivity index (χ2v) is 2.64. The lowest BCUT2D eigenvalue weighted by molar-refractivity contribution is 0.0689. The van der Waals surface area contributed by atoms with Crippen LogP contribution in [0.2, 0.25) is 0 Å². The summed E-state index contributed by atoms with van der Waals surface area (Å²) in [4.78, 5) is 12.2. The Kier molecular flexibility index (Phi) is 3.02. The van der Waals surface area contributed by atoms with E-state index in [-0.39, 0.29) is 5.69 Å². The standard InChI is InChI=1S/C9H9N3O2/c1-3-6-12(2)8-5-4-7(9(13)14)10-11-8/h1,4-5H,6H2,2H3,(H,13,14). The van der Waals surface area contributed by atoms with E-state index >= 15 is 0 Å². The Bertz CT molecular complexity index is 367. The molecule has 1 rings (SSSR count). The lowest BCUT2D eigenvalue weighted by atomic mass is 10.4. The highest BCUT2D eigenvalue weighted by atomic mass is 16.4. The van der Waals surface area contributed by atoms with Gasteiger partial charge in [-0.2, -0.15) is 0 Å². The van der Waals surface area contributed by atoms with Crippen LogP contribution in [0.15, 0.2) is 12.1 Å². The maximum atomic E-state index is 10.5. The number of aromatic nitrogens is 2. The predicted molar refractivity (Wildman–Crippen MR) is 51.1 cm³/mol. The summed E-state index contributed by atoms with van der Waals surface area (Å²) in [5.74, 6) is 1.90. The Morgan fingerprint density at radius 3 is 2.79 bits per heavy atom. The van der Waals surface area contributed by atoms with Crippen LogP contribution < -0.4 is 4.90 Å². The summed E-state index contributed by atoms with van der Waals surface area (Å²) in [5, 5.41) is 15.8. The first-order valence-electron chi connectivity index (χ1n) is 3.86. The fourth-order valence-corrected chi connectivity index (χ4v) is 0.861. The highest BCUT2D eigenvalue weighted by Crippen LogP contribution is 2.06. The maximum absolute atomic E-state index is 10.5. The van der Waals surface area contributed by atoms with E-state index in [1.54, 1.807) is 18.0 Å². The van der Waals surface area contributed by atoms with Gasteiger partial charge in [-0.1, -0.05) is 5.92 Å². The molecular weight excluding hydrogens is 182 g/mol. The molecule has 0 amide bonds. The molecule has 0 unspecified atom stereocenters. The Morgan fingerprint density at radius 1 is 1.64 bits per heavy atom. The van der Waals surface area contributed by atoms with Gasteiger partial charge in [-0.3, -0.25) is 0 Å². The molecule has 14 heavy (non-hydrogen) atoms. The van der Waals surface area contributed by atoms with E-state index < -0.39 is 5.97 Å². The van der Waals surface area contributed by atoms with E-state index in [1.165, 1.54) is 6.07 Å². The molecule has 0 aliphatic heterocycles. The average molecular weight is 191 g/mol. The third-order valence-electron chi connectivity index (χ3n) is 1.59. The van der Waals surface area contributed by atoms with Crippen LogP contribution >= 0.6 is 0 Å². The van der Waals surface area contributed by atoms with Crippen LogP contribution in [0.4, 0.5) is 5.82 Å². The first kappa shape index (κ1) is 9.99. The molecule has 1 aromatic heterocycles. The molecule has 0 fully saturated rings. The van der Waals surface area contributed by atoms with Crippen molar-refractivity contribution >= 4 is 11.8 Å². The molecule has 0 saturated heterocycles. The Balaban J connectivity index is 2.84. The third-order valence-corrected chi connectivity index (χ3v) is 1.59. The van der Waals surface area contributed by atoms with Gasteiger partial charge in [0, 0.05) is 7.05 Å². The van der Waals surface area contributed by atoms with Crippen LogP contribution in [0.1, 0.15) is 10.5 Å². The van der Waals surface area contributed by atoms with Crippen LogP contribution in [0.25, 0.3) is 0 Å². The first-order chi connectivity index (χ1) is 6.65. The fraction of sp³-hybridized carbons (Fsp3) is 0.222. The van der Waals surface area contributed by atoms with Gasteiger partial charge >= 0.3 is 5.97 Å². The minimum Gasteiger partial charge on any atom is -0.476 e. The van der Waals surface area contributed by atoms with Gasteiger partial charge in [0.2, 0.25) is 0 Å². The summed E-state index contributed by atoms with van der Waals surface area (Å²) in [7, 11) is 1.75. The molecule has 0 radical (unpaired) electrons. The molecule has 0 saturated carbocycles. The Morgan fingerprint density at radius 2 is 2.36 bits per heavy atom. The summed E-state index contributed by atoms with van der Waals surface area (Å²) < 4.78 is 0. The van der Waals surface area contributed by atoms with Gasteiger partial charge in [0.25, 0.3) is 0 Å². The van der Waals surface area contributed by atoms with Crippen molar-refractivity contribution in [1.29, 1.82) is 0 Å². The molecule has 5 nitrogen and oxygen atoms in total. The highest BCUT2D eigenvalue weighted by Gasteiger charge is 2.06. The molecule has 0 bridgehead atoms. The number of anilines is 1. The van der Waals surface area contributed by atoms with Crippen LogP contribution in [0.5, 0.6) is 0 Å². The zero-order valence-electron chi connectivity index (χ0n) is 7.64. The number of aromatic carboxylic acids is 1. The number of rotatable bonds is 3. The molecule has 1 aromatic rings. The SMILES string of the molecule is C#CCN(C)c1ccc(C(=O)O)nn1. The molecule has 0 aliphatic carbocycles. The smallest absolute Gasteiger partial charge is 0.356 e. The summed E-state index contributed by atoms with van der Waals surface area (Å²) >= 11 is 0. The lowest BCUT2D eigenvalue weighted by Crippen LogP contribution is -2.19. The summed E-state index contributed by atoms with van der Waals surface area (Å²) in [6, 6.07) is 2.95. The highest BCUT2D eigenvalue weighted by molar-refractivity contribution is 5.85. The second kappa shape index (κ2) is 4.23. The normalized spacial score (nSPS) is 9.14. The van der Waals surface area contributed by atoms with Gasteiger partial charge in [-0.05, 0) is 12.1 Å². The molecule has 0 aliphatic rings. The van der Waals surface area contributed by atoms with Crippen LogP contribution in [0.3, 0.4) is 0 Å². The molecular formula is C9H9N3O2. The topological polar surface area (TPSA) is 66.3 Å². The van der Waals surface area contributed by atoms with Gasteiger partial charge in [-0.25, -0.2) is 4.79 Å². The molecule has 1 N–H and O–H groups in total. The van der Waals surface area contributed by atoms with Crippen LogP contribution in [-0.2, 0) is 0 Å². The average Bonchev–Trinajstić information content (AvgIpc) is 2.18. The first-order valence-corrected chi connectivity index (χ1v) is 3.86. The van der Waals surface area contributed by atoms with Gasteiger partial charge < -0.3 is 10.0 Å². The largest absolute Gasteiger partial charge is 0.476 e. The number of carboxylic acid groups (broad SMARTS) is 1.